The van der Waals surface area contributed by atoms with E-state index >= 15 is 0 Å². The van der Waals surface area contributed by atoms with E-state index in [1.54, 1.807) is 4.90 Å². The van der Waals surface area contributed by atoms with Gasteiger partial charge in [0, 0.05) is 13.6 Å². The molecule has 2 aromatic rings. The Hall–Kier alpha value is -2.29. The molecule has 24 heavy (non-hydrogen) atoms. The van der Waals surface area contributed by atoms with Gasteiger partial charge in [0.2, 0.25) is 0 Å². The molecule has 2 rings (SSSR count). The Bertz CT molecular complexity index is 647. The first-order valence-corrected chi connectivity index (χ1v) is 8.71. The predicted molar refractivity (Wildman–Crippen MR) is 100 cm³/mol. The monoisotopic (exact) mass is 324 g/mol. The molecule has 0 spiro atoms. The molecule has 3 heteroatoms. The molecule has 128 valence electrons. The number of nitrogens with one attached hydrogen (secondary N) is 1. The number of urea groups is 1. The van der Waals surface area contributed by atoms with Crippen molar-refractivity contribution in [2.45, 2.75) is 46.2 Å². The van der Waals surface area contributed by atoms with Gasteiger partial charge in [-0.15, -0.1) is 0 Å². The van der Waals surface area contributed by atoms with Crippen LogP contribution < -0.4 is 5.32 Å². The van der Waals surface area contributed by atoms with Crippen LogP contribution in [0, 0.1) is 0 Å². The Kier molecular flexibility index (Phi) is 6.42. The maximum Gasteiger partial charge on any atom is 0.317 e. The van der Waals surface area contributed by atoms with Crippen LogP contribution in [-0.2, 0) is 19.4 Å². The molecule has 0 saturated heterocycles. The summed E-state index contributed by atoms with van der Waals surface area (Å²) in [5.74, 6) is 0. The summed E-state index contributed by atoms with van der Waals surface area (Å²) in [6.45, 7) is 6.91. The number of benzene rings is 2. The first-order valence-electron chi connectivity index (χ1n) is 8.71. The van der Waals surface area contributed by atoms with Gasteiger partial charge < -0.3 is 10.2 Å². The quantitative estimate of drug-likeness (QED) is 0.819. The number of hydrogen-bond acceptors (Lipinski definition) is 1. The van der Waals surface area contributed by atoms with Crippen LogP contribution in [0.5, 0.6) is 0 Å². The molecule has 0 saturated carbocycles. The van der Waals surface area contributed by atoms with E-state index in [0.29, 0.717) is 6.54 Å². The van der Waals surface area contributed by atoms with E-state index in [4.69, 9.17) is 0 Å². The van der Waals surface area contributed by atoms with Gasteiger partial charge in [-0.05, 0) is 42.0 Å². The molecule has 0 radical (unpaired) electrons. The first-order chi connectivity index (χ1) is 11.5. The Balaban J connectivity index is 1.91. The third-order valence-electron chi connectivity index (χ3n) is 4.43. The maximum absolute atomic E-state index is 12.4. The number of amides is 2. The summed E-state index contributed by atoms with van der Waals surface area (Å²) in [7, 11) is 1.83. The van der Waals surface area contributed by atoms with Crippen LogP contribution in [-0.4, -0.2) is 18.0 Å². The Morgan fingerprint density at radius 1 is 0.917 bits per heavy atom. The third kappa shape index (κ3) is 4.85. The lowest BCUT2D eigenvalue weighted by Gasteiger charge is -2.22. The van der Waals surface area contributed by atoms with E-state index < -0.39 is 0 Å². The largest absolute Gasteiger partial charge is 0.331 e. The zero-order valence-corrected chi connectivity index (χ0v) is 15.2. The van der Waals surface area contributed by atoms with E-state index in [9.17, 15) is 4.79 Å². The summed E-state index contributed by atoms with van der Waals surface area (Å²) in [4.78, 5) is 14.1. The van der Waals surface area contributed by atoms with E-state index in [-0.39, 0.29) is 12.1 Å². The molecule has 2 aromatic carbocycles. The zero-order chi connectivity index (χ0) is 17.5. The van der Waals surface area contributed by atoms with Gasteiger partial charge in [0.05, 0.1) is 6.04 Å². The van der Waals surface area contributed by atoms with Gasteiger partial charge in [0.1, 0.15) is 0 Å². The predicted octanol–water partition coefficient (Wildman–Crippen LogP) is 4.71. The molecular formula is C21H28N2O. The molecule has 1 N–H and O–H groups in total. The molecular weight excluding hydrogens is 296 g/mol. The Morgan fingerprint density at radius 3 is 1.88 bits per heavy atom. The smallest absolute Gasteiger partial charge is 0.317 e. The molecule has 1 atom stereocenters. The van der Waals surface area contributed by atoms with Crippen LogP contribution in [0.1, 0.15) is 49.1 Å². The maximum atomic E-state index is 12.4. The van der Waals surface area contributed by atoms with E-state index in [2.05, 4.69) is 67.7 Å². The van der Waals surface area contributed by atoms with E-state index in [1.807, 2.05) is 14.0 Å². The highest BCUT2D eigenvalue weighted by Crippen LogP contribution is 2.14. The lowest BCUT2D eigenvalue weighted by molar-refractivity contribution is 0.203. The average Bonchev–Trinajstić information content (AvgIpc) is 2.62. The van der Waals surface area contributed by atoms with Crippen molar-refractivity contribution in [2.75, 3.05) is 7.05 Å². The second kappa shape index (κ2) is 8.53. The van der Waals surface area contributed by atoms with Crippen molar-refractivity contribution in [3.05, 3.63) is 70.8 Å². The Morgan fingerprint density at radius 2 is 1.38 bits per heavy atom. The zero-order valence-electron chi connectivity index (χ0n) is 15.2. The second-order valence-corrected chi connectivity index (χ2v) is 6.29. The van der Waals surface area contributed by atoms with Gasteiger partial charge >= 0.3 is 6.03 Å². The number of carbonyl (C=O) groups is 1. The van der Waals surface area contributed by atoms with Gasteiger partial charge in [0.15, 0.2) is 0 Å². The minimum absolute atomic E-state index is 0.00618. The lowest BCUT2D eigenvalue weighted by atomic mass is 10.1. The molecule has 0 bridgehead atoms. The summed E-state index contributed by atoms with van der Waals surface area (Å²) in [5, 5.41) is 3.06. The topological polar surface area (TPSA) is 32.3 Å². The fourth-order valence-corrected chi connectivity index (χ4v) is 2.65. The molecule has 0 heterocycles. The molecule has 0 fully saturated rings. The van der Waals surface area contributed by atoms with Crippen LogP contribution >= 0.6 is 0 Å². The van der Waals surface area contributed by atoms with E-state index in [0.717, 1.165) is 24.0 Å². The van der Waals surface area contributed by atoms with Gasteiger partial charge in [-0.2, -0.15) is 0 Å². The van der Waals surface area contributed by atoms with Crippen LogP contribution in [0.25, 0.3) is 0 Å². The molecule has 0 aliphatic carbocycles. The molecule has 0 aromatic heterocycles. The summed E-state index contributed by atoms with van der Waals surface area (Å²) < 4.78 is 0. The minimum atomic E-state index is -0.0540. The summed E-state index contributed by atoms with van der Waals surface area (Å²) >= 11 is 0. The van der Waals surface area contributed by atoms with Crippen molar-refractivity contribution < 1.29 is 4.79 Å². The highest BCUT2D eigenvalue weighted by molar-refractivity contribution is 5.74. The first kappa shape index (κ1) is 18.1. The minimum Gasteiger partial charge on any atom is -0.331 e. The summed E-state index contributed by atoms with van der Waals surface area (Å²) in [6, 6.07) is 16.8. The number of rotatable bonds is 6. The van der Waals surface area contributed by atoms with Gasteiger partial charge in [-0.25, -0.2) is 4.79 Å². The highest BCUT2D eigenvalue weighted by Gasteiger charge is 2.13. The van der Waals surface area contributed by atoms with Crippen LogP contribution in [0.2, 0.25) is 0 Å². The van der Waals surface area contributed by atoms with Gasteiger partial charge in [-0.1, -0.05) is 62.4 Å². The number of aryl methyl sites for hydroxylation is 2. The normalized spacial score (nSPS) is 11.8. The van der Waals surface area contributed by atoms with Crippen molar-refractivity contribution in [1.29, 1.82) is 0 Å². The van der Waals surface area contributed by atoms with Crippen molar-refractivity contribution in [3.8, 4) is 0 Å². The lowest BCUT2D eigenvalue weighted by Crippen LogP contribution is -2.38. The third-order valence-corrected chi connectivity index (χ3v) is 4.43. The molecule has 1 unspecified atom stereocenters. The number of hydrogen-bond donors (Lipinski definition) is 1. The van der Waals surface area contributed by atoms with Gasteiger partial charge in [-0.3, -0.25) is 0 Å². The van der Waals surface area contributed by atoms with Crippen molar-refractivity contribution in [3.63, 3.8) is 0 Å². The fourth-order valence-electron chi connectivity index (χ4n) is 2.65. The van der Waals surface area contributed by atoms with Crippen molar-refractivity contribution >= 4 is 6.03 Å². The summed E-state index contributed by atoms with van der Waals surface area (Å²) in [5.41, 5.74) is 4.89. The fraction of sp³-hybridized carbons (Fsp3) is 0.381. The van der Waals surface area contributed by atoms with Gasteiger partial charge in [0.25, 0.3) is 0 Å². The molecule has 3 nitrogen and oxygen atoms in total. The van der Waals surface area contributed by atoms with E-state index in [1.165, 1.54) is 11.1 Å². The SMILES string of the molecule is CCc1ccc(CN(C)C(=O)NC(C)c2ccc(CC)cc2)cc1. The highest BCUT2D eigenvalue weighted by atomic mass is 16.2. The standard InChI is InChI=1S/C21H28N2O/c1-5-17-7-9-19(10-8-17)15-23(4)21(24)22-16(3)20-13-11-18(6-2)12-14-20/h7-14,16H,5-6,15H2,1-4H3,(H,22,24). The van der Waals surface area contributed by atoms with Crippen LogP contribution in [0.15, 0.2) is 48.5 Å². The van der Waals surface area contributed by atoms with Crippen molar-refractivity contribution in [2.24, 2.45) is 0 Å². The molecule has 0 aliphatic rings. The average molecular weight is 324 g/mol. The van der Waals surface area contributed by atoms with Crippen LogP contribution in [0.3, 0.4) is 0 Å². The number of nitrogens with zero attached hydrogens (tertiary/aromatic N) is 1. The molecule has 0 aliphatic heterocycles. The Labute approximate surface area is 145 Å². The van der Waals surface area contributed by atoms with Crippen molar-refractivity contribution in [1.82, 2.24) is 10.2 Å². The van der Waals surface area contributed by atoms with Crippen LogP contribution in [0.4, 0.5) is 4.79 Å². The second-order valence-electron chi connectivity index (χ2n) is 6.29. The molecule has 2 amide bonds. The number of carbonyl (C=O) groups excluding carboxylic acids is 1. The summed E-state index contributed by atoms with van der Waals surface area (Å²) in [6.07, 6.45) is 2.06.